The van der Waals surface area contributed by atoms with E-state index in [1.54, 1.807) is 6.08 Å². The highest BCUT2D eigenvalue weighted by atomic mass is 79.9. The average molecular weight is 199 g/mol. The van der Waals surface area contributed by atoms with Crippen LogP contribution in [0.2, 0.25) is 0 Å². The van der Waals surface area contributed by atoms with Gasteiger partial charge in [0.2, 0.25) is 0 Å². The minimum absolute atomic E-state index is 0.641. The first-order valence-corrected chi connectivity index (χ1v) is 4.38. The topological polar surface area (TPSA) is 0 Å². The zero-order valence-corrected chi connectivity index (χ0v) is 7.47. The number of hydrogen-bond donors (Lipinski definition) is 0. The van der Waals surface area contributed by atoms with Crippen molar-refractivity contribution >= 4 is 15.9 Å². The SMILES string of the molecule is C=C/C=C\C=C1/CCC1Br. The Kier molecular flexibility index (Phi) is 2.94. The van der Waals surface area contributed by atoms with Gasteiger partial charge in [-0.3, -0.25) is 0 Å². The third kappa shape index (κ3) is 1.84. The summed E-state index contributed by atoms with van der Waals surface area (Å²) in [6.45, 7) is 3.59. The lowest BCUT2D eigenvalue weighted by atomic mass is 9.92. The Morgan fingerprint density at radius 3 is 2.70 bits per heavy atom. The number of hydrogen-bond acceptors (Lipinski definition) is 0. The smallest absolute Gasteiger partial charge is 0.0360 e. The lowest BCUT2D eigenvalue weighted by Gasteiger charge is -2.23. The van der Waals surface area contributed by atoms with Crippen LogP contribution < -0.4 is 0 Å². The van der Waals surface area contributed by atoms with E-state index in [2.05, 4.69) is 28.6 Å². The molecule has 1 fully saturated rings. The van der Waals surface area contributed by atoms with Crippen molar-refractivity contribution in [1.82, 2.24) is 0 Å². The van der Waals surface area contributed by atoms with E-state index in [0.29, 0.717) is 4.83 Å². The monoisotopic (exact) mass is 198 g/mol. The fraction of sp³-hybridized carbons (Fsp3) is 0.333. The quantitative estimate of drug-likeness (QED) is 0.473. The predicted molar refractivity (Wildman–Crippen MR) is 49.4 cm³/mol. The molecular weight excluding hydrogens is 188 g/mol. The Labute approximate surface area is 70.5 Å². The molecule has 0 N–H and O–H groups in total. The molecule has 1 saturated carbocycles. The molecule has 10 heavy (non-hydrogen) atoms. The molecule has 0 aromatic heterocycles. The van der Waals surface area contributed by atoms with Gasteiger partial charge in [0.1, 0.15) is 0 Å². The molecule has 0 aromatic carbocycles. The molecule has 54 valence electrons. The van der Waals surface area contributed by atoms with Crippen LogP contribution >= 0.6 is 15.9 Å². The summed E-state index contributed by atoms with van der Waals surface area (Å²) in [6.07, 6.45) is 10.5. The maximum atomic E-state index is 3.59. The fourth-order valence-electron chi connectivity index (χ4n) is 0.866. The molecule has 0 radical (unpaired) electrons. The zero-order valence-electron chi connectivity index (χ0n) is 5.89. The van der Waals surface area contributed by atoms with Crippen LogP contribution in [0.3, 0.4) is 0 Å². The molecule has 0 amide bonds. The molecular formula is C9H11Br. The average Bonchev–Trinajstić information content (AvgIpc) is 1.95. The summed E-state index contributed by atoms with van der Waals surface area (Å²) < 4.78 is 0. The highest BCUT2D eigenvalue weighted by Gasteiger charge is 2.19. The first-order chi connectivity index (χ1) is 4.84. The third-order valence-corrected chi connectivity index (χ3v) is 2.69. The van der Waals surface area contributed by atoms with Crippen LogP contribution in [0, 0.1) is 0 Å². The molecule has 1 unspecified atom stereocenters. The minimum Gasteiger partial charge on any atom is -0.0991 e. The summed E-state index contributed by atoms with van der Waals surface area (Å²) in [7, 11) is 0. The van der Waals surface area contributed by atoms with Crippen molar-refractivity contribution in [2.45, 2.75) is 17.7 Å². The van der Waals surface area contributed by atoms with Crippen LogP contribution in [-0.4, -0.2) is 4.83 Å². The summed E-state index contributed by atoms with van der Waals surface area (Å²) in [5, 5.41) is 0. The van der Waals surface area contributed by atoms with Crippen molar-refractivity contribution in [3.05, 3.63) is 36.5 Å². The second-order valence-corrected chi connectivity index (χ2v) is 3.47. The van der Waals surface area contributed by atoms with E-state index in [4.69, 9.17) is 0 Å². The van der Waals surface area contributed by atoms with E-state index < -0.39 is 0 Å². The van der Waals surface area contributed by atoms with Crippen molar-refractivity contribution in [3.8, 4) is 0 Å². The molecule has 0 nitrogen and oxygen atoms in total. The second-order valence-electron chi connectivity index (χ2n) is 2.37. The normalized spacial score (nSPS) is 28.9. The van der Waals surface area contributed by atoms with Crippen molar-refractivity contribution in [2.24, 2.45) is 0 Å². The van der Waals surface area contributed by atoms with Crippen molar-refractivity contribution in [2.75, 3.05) is 0 Å². The van der Waals surface area contributed by atoms with Crippen molar-refractivity contribution < 1.29 is 0 Å². The van der Waals surface area contributed by atoms with Gasteiger partial charge in [0.15, 0.2) is 0 Å². The number of allylic oxidation sites excluding steroid dienone is 5. The Balaban J connectivity index is 2.39. The van der Waals surface area contributed by atoms with Gasteiger partial charge in [0.05, 0.1) is 0 Å². The minimum atomic E-state index is 0.641. The Morgan fingerprint density at radius 1 is 1.50 bits per heavy atom. The maximum Gasteiger partial charge on any atom is 0.0360 e. The van der Waals surface area contributed by atoms with Crippen molar-refractivity contribution in [1.29, 1.82) is 0 Å². The Morgan fingerprint density at radius 2 is 2.30 bits per heavy atom. The highest BCUT2D eigenvalue weighted by Crippen LogP contribution is 2.32. The largest absolute Gasteiger partial charge is 0.0991 e. The van der Waals surface area contributed by atoms with Crippen LogP contribution in [0.4, 0.5) is 0 Å². The predicted octanol–water partition coefficient (Wildman–Crippen LogP) is 3.21. The number of alkyl halides is 1. The van der Waals surface area contributed by atoms with Gasteiger partial charge in [0.25, 0.3) is 0 Å². The van der Waals surface area contributed by atoms with Gasteiger partial charge in [-0.2, -0.15) is 0 Å². The van der Waals surface area contributed by atoms with Crippen molar-refractivity contribution in [3.63, 3.8) is 0 Å². The van der Waals surface area contributed by atoms with Crippen LogP contribution in [0.25, 0.3) is 0 Å². The zero-order chi connectivity index (χ0) is 7.40. The second kappa shape index (κ2) is 3.77. The molecule has 0 bridgehead atoms. The Hall–Kier alpha value is -0.300. The summed E-state index contributed by atoms with van der Waals surface area (Å²) in [5.74, 6) is 0. The summed E-state index contributed by atoms with van der Waals surface area (Å²) in [5.41, 5.74) is 1.50. The first kappa shape index (κ1) is 7.80. The number of rotatable bonds is 2. The maximum absolute atomic E-state index is 3.59. The molecule has 0 spiro atoms. The van der Waals surface area contributed by atoms with E-state index in [1.807, 2.05) is 12.2 Å². The number of halogens is 1. The molecule has 1 aliphatic rings. The molecule has 0 heterocycles. The highest BCUT2D eigenvalue weighted by molar-refractivity contribution is 9.09. The molecule has 0 saturated heterocycles. The molecule has 1 rings (SSSR count). The fourth-order valence-corrected chi connectivity index (χ4v) is 1.48. The lowest BCUT2D eigenvalue weighted by Crippen LogP contribution is -2.13. The molecule has 0 aliphatic heterocycles. The van der Waals surface area contributed by atoms with E-state index in [9.17, 15) is 0 Å². The Bertz CT molecular complexity index is 177. The van der Waals surface area contributed by atoms with E-state index >= 15 is 0 Å². The van der Waals surface area contributed by atoms with Gasteiger partial charge in [-0.25, -0.2) is 0 Å². The molecule has 1 aliphatic carbocycles. The first-order valence-electron chi connectivity index (χ1n) is 3.47. The van der Waals surface area contributed by atoms with Gasteiger partial charge in [-0.1, -0.05) is 52.4 Å². The van der Waals surface area contributed by atoms with Gasteiger partial charge in [-0.05, 0) is 12.8 Å². The van der Waals surface area contributed by atoms with Gasteiger partial charge >= 0.3 is 0 Å². The van der Waals surface area contributed by atoms with Gasteiger partial charge in [0, 0.05) is 4.83 Å². The summed E-state index contributed by atoms with van der Waals surface area (Å²) in [4.78, 5) is 0.641. The van der Waals surface area contributed by atoms with E-state index in [-0.39, 0.29) is 0 Å². The molecule has 0 aromatic rings. The summed E-state index contributed by atoms with van der Waals surface area (Å²) in [6, 6.07) is 0. The van der Waals surface area contributed by atoms with E-state index in [0.717, 1.165) is 0 Å². The lowest BCUT2D eigenvalue weighted by molar-refractivity contribution is 0.690. The van der Waals surface area contributed by atoms with Crippen LogP contribution in [0.5, 0.6) is 0 Å². The van der Waals surface area contributed by atoms with Crippen LogP contribution in [0.15, 0.2) is 36.5 Å². The van der Waals surface area contributed by atoms with Crippen LogP contribution in [0.1, 0.15) is 12.8 Å². The van der Waals surface area contributed by atoms with Gasteiger partial charge < -0.3 is 0 Å². The standard InChI is InChI=1S/C9H11Br/c1-2-3-4-5-8-6-7-9(8)10/h2-5,9H,1,6-7H2/b4-3-,8-5+. The third-order valence-electron chi connectivity index (χ3n) is 1.65. The van der Waals surface area contributed by atoms with E-state index in [1.165, 1.54) is 18.4 Å². The molecule has 1 heteroatoms. The van der Waals surface area contributed by atoms with Gasteiger partial charge in [-0.15, -0.1) is 0 Å². The summed E-state index contributed by atoms with van der Waals surface area (Å²) >= 11 is 3.55. The molecule has 1 atom stereocenters. The van der Waals surface area contributed by atoms with Crippen LogP contribution in [-0.2, 0) is 0 Å².